The molecule has 0 radical (unpaired) electrons. The zero-order valence-corrected chi connectivity index (χ0v) is 17.3. The van der Waals surface area contributed by atoms with Gasteiger partial charge in [-0.1, -0.05) is 23.8 Å². The second-order valence-corrected chi connectivity index (χ2v) is 10.6. The Balaban J connectivity index is 1.79. The second kappa shape index (κ2) is 7.64. The van der Waals surface area contributed by atoms with Gasteiger partial charge in [0, 0.05) is 26.2 Å². The van der Waals surface area contributed by atoms with Crippen molar-refractivity contribution in [1.29, 1.82) is 5.26 Å². The van der Waals surface area contributed by atoms with E-state index in [1.165, 1.54) is 32.9 Å². The molecule has 0 N–H and O–H groups in total. The molecule has 1 aliphatic heterocycles. The fourth-order valence-corrected chi connectivity index (χ4v) is 6.35. The highest BCUT2D eigenvalue weighted by molar-refractivity contribution is 7.89. The van der Waals surface area contributed by atoms with Crippen molar-refractivity contribution in [3.05, 3.63) is 59.2 Å². The standard InChI is InChI=1S/C19H21N3O4S2/c1-15-6-7-19(16(2)12-15)28(25,26)22-10-8-21(9-11-22)27(23,24)18-5-3-4-17(13-18)14-20/h3-7,12-13H,8-11H2,1-2H3. The van der Waals surface area contributed by atoms with Crippen LogP contribution in [0.5, 0.6) is 0 Å². The van der Waals surface area contributed by atoms with E-state index in [-0.39, 0.29) is 41.5 Å². The van der Waals surface area contributed by atoms with Gasteiger partial charge in [0.05, 0.1) is 21.4 Å². The molecule has 1 heterocycles. The molecule has 1 fully saturated rings. The zero-order valence-electron chi connectivity index (χ0n) is 15.7. The van der Waals surface area contributed by atoms with Crippen LogP contribution in [0.3, 0.4) is 0 Å². The van der Waals surface area contributed by atoms with E-state index in [9.17, 15) is 16.8 Å². The van der Waals surface area contributed by atoms with Crippen molar-refractivity contribution in [3.63, 3.8) is 0 Å². The zero-order chi connectivity index (χ0) is 20.5. The Hall–Kier alpha value is -2.25. The first-order valence-electron chi connectivity index (χ1n) is 8.74. The Morgan fingerprint density at radius 1 is 0.857 bits per heavy atom. The molecule has 0 aromatic heterocycles. The van der Waals surface area contributed by atoms with E-state index in [0.717, 1.165) is 5.56 Å². The van der Waals surface area contributed by atoms with Gasteiger partial charge in [0.25, 0.3) is 0 Å². The van der Waals surface area contributed by atoms with E-state index >= 15 is 0 Å². The van der Waals surface area contributed by atoms with Gasteiger partial charge >= 0.3 is 0 Å². The van der Waals surface area contributed by atoms with Crippen LogP contribution in [0.25, 0.3) is 0 Å². The summed E-state index contributed by atoms with van der Waals surface area (Å²) in [7, 11) is -7.47. The molecular formula is C19H21N3O4S2. The summed E-state index contributed by atoms with van der Waals surface area (Å²) in [5.41, 5.74) is 1.91. The minimum atomic E-state index is -3.78. The van der Waals surface area contributed by atoms with Crippen LogP contribution in [0.1, 0.15) is 16.7 Å². The molecule has 9 heteroatoms. The molecule has 0 aliphatic carbocycles. The number of rotatable bonds is 4. The first-order chi connectivity index (χ1) is 13.2. The van der Waals surface area contributed by atoms with Crippen LogP contribution in [0.2, 0.25) is 0 Å². The maximum absolute atomic E-state index is 13.0. The fourth-order valence-electron chi connectivity index (χ4n) is 3.25. The number of nitrogens with zero attached hydrogens (tertiary/aromatic N) is 3. The minimum absolute atomic E-state index is 0.0391. The molecule has 2 aromatic carbocycles. The summed E-state index contributed by atoms with van der Waals surface area (Å²) in [5.74, 6) is 0. The predicted octanol–water partition coefficient (Wildman–Crippen LogP) is 1.87. The number of sulfonamides is 2. The third kappa shape index (κ3) is 3.82. The molecule has 3 rings (SSSR count). The van der Waals surface area contributed by atoms with Crippen molar-refractivity contribution < 1.29 is 16.8 Å². The van der Waals surface area contributed by atoms with Crippen molar-refractivity contribution in [2.45, 2.75) is 23.6 Å². The third-order valence-corrected chi connectivity index (χ3v) is 8.70. The Kier molecular flexibility index (Phi) is 5.59. The maximum atomic E-state index is 13.0. The van der Waals surface area contributed by atoms with Gasteiger partial charge in [-0.2, -0.15) is 13.9 Å². The normalized spacial score (nSPS) is 16.6. The molecule has 0 unspecified atom stereocenters. The summed E-state index contributed by atoms with van der Waals surface area (Å²) < 4.78 is 54.1. The minimum Gasteiger partial charge on any atom is -0.207 e. The summed E-state index contributed by atoms with van der Waals surface area (Å²) in [6, 6.07) is 12.9. The number of piperazine rings is 1. The highest BCUT2D eigenvalue weighted by atomic mass is 32.2. The number of hydrogen-bond acceptors (Lipinski definition) is 5. The number of benzene rings is 2. The van der Waals surface area contributed by atoms with Gasteiger partial charge in [-0.05, 0) is 43.7 Å². The quantitative estimate of drug-likeness (QED) is 0.753. The molecule has 148 valence electrons. The summed E-state index contributed by atoms with van der Waals surface area (Å²) in [4.78, 5) is 0.286. The largest absolute Gasteiger partial charge is 0.243 e. The lowest BCUT2D eigenvalue weighted by atomic mass is 10.2. The summed E-state index contributed by atoms with van der Waals surface area (Å²) in [6.45, 7) is 3.92. The van der Waals surface area contributed by atoms with E-state index in [1.54, 1.807) is 19.1 Å². The third-order valence-electron chi connectivity index (χ3n) is 4.75. The van der Waals surface area contributed by atoms with Crippen molar-refractivity contribution >= 4 is 20.0 Å². The summed E-state index contributed by atoms with van der Waals surface area (Å²) in [5, 5.41) is 8.98. The Morgan fingerprint density at radius 2 is 1.46 bits per heavy atom. The van der Waals surface area contributed by atoms with Crippen LogP contribution in [-0.2, 0) is 20.0 Å². The molecule has 2 aromatic rings. The van der Waals surface area contributed by atoms with Crippen molar-refractivity contribution in [2.75, 3.05) is 26.2 Å². The van der Waals surface area contributed by atoms with Gasteiger partial charge < -0.3 is 0 Å². The number of hydrogen-bond donors (Lipinski definition) is 0. The first kappa shape index (κ1) is 20.5. The highest BCUT2D eigenvalue weighted by Gasteiger charge is 2.34. The average Bonchev–Trinajstić information content (AvgIpc) is 2.67. The number of nitriles is 1. The van der Waals surface area contributed by atoms with Crippen LogP contribution in [-0.4, -0.2) is 51.6 Å². The van der Waals surface area contributed by atoms with E-state index in [0.29, 0.717) is 5.56 Å². The molecule has 0 saturated carbocycles. The van der Waals surface area contributed by atoms with Crippen LogP contribution in [0.15, 0.2) is 52.3 Å². The predicted molar refractivity (Wildman–Crippen MR) is 105 cm³/mol. The molecule has 0 atom stereocenters. The van der Waals surface area contributed by atoms with Crippen LogP contribution in [0.4, 0.5) is 0 Å². The van der Waals surface area contributed by atoms with E-state index in [2.05, 4.69) is 0 Å². The summed E-state index contributed by atoms with van der Waals surface area (Å²) >= 11 is 0. The SMILES string of the molecule is Cc1ccc(S(=O)(=O)N2CCN(S(=O)(=O)c3cccc(C#N)c3)CC2)c(C)c1. The molecule has 7 nitrogen and oxygen atoms in total. The molecule has 1 aliphatic rings. The lowest BCUT2D eigenvalue weighted by molar-refractivity contribution is 0.272. The van der Waals surface area contributed by atoms with Gasteiger partial charge in [-0.25, -0.2) is 16.8 Å². The van der Waals surface area contributed by atoms with Crippen LogP contribution < -0.4 is 0 Å². The highest BCUT2D eigenvalue weighted by Crippen LogP contribution is 2.24. The Labute approximate surface area is 165 Å². The average molecular weight is 420 g/mol. The molecule has 1 saturated heterocycles. The first-order valence-corrected chi connectivity index (χ1v) is 11.6. The lowest BCUT2D eigenvalue weighted by Gasteiger charge is -2.33. The monoisotopic (exact) mass is 419 g/mol. The second-order valence-electron chi connectivity index (χ2n) is 6.72. The molecule has 0 spiro atoms. The van der Waals surface area contributed by atoms with E-state index < -0.39 is 20.0 Å². The van der Waals surface area contributed by atoms with Crippen LogP contribution >= 0.6 is 0 Å². The molecular weight excluding hydrogens is 398 g/mol. The smallest absolute Gasteiger partial charge is 0.207 e. The van der Waals surface area contributed by atoms with Gasteiger partial charge in [-0.15, -0.1) is 0 Å². The van der Waals surface area contributed by atoms with Crippen LogP contribution in [0, 0.1) is 25.2 Å². The van der Waals surface area contributed by atoms with E-state index in [4.69, 9.17) is 5.26 Å². The topological polar surface area (TPSA) is 98.6 Å². The number of aryl methyl sites for hydroxylation is 2. The van der Waals surface area contributed by atoms with Crippen molar-refractivity contribution in [2.24, 2.45) is 0 Å². The Morgan fingerprint density at radius 3 is 2.04 bits per heavy atom. The van der Waals surface area contributed by atoms with Gasteiger partial charge in [0.1, 0.15) is 0 Å². The van der Waals surface area contributed by atoms with E-state index in [1.807, 2.05) is 19.1 Å². The molecule has 0 bridgehead atoms. The van der Waals surface area contributed by atoms with Gasteiger partial charge in [0.2, 0.25) is 20.0 Å². The lowest BCUT2D eigenvalue weighted by Crippen LogP contribution is -2.50. The maximum Gasteiger partial charge on any atom is 0.243 e. The Bertz CT molecular complexity index is 1140. The molecule has 0 amide bonds. The summed E-state index contributed by atoms with van der Waals surface area (Å²) in [6.07, 6.45) is 0. The van der Waals surface area contributed by atoms with Gasteiger partial charge in [-0.3, -0.25) is 0 Å². The van der Waals surface area contributed by atoms with Crippen molar-refractivity contribution in [1.82, 2.24) is 8.61 Å². The van der Waals surface area contributed by atoms with Gasteiger partial charge in [0.15, 0.2) is 0 Å². The fraction of sp³-hybridized carbons (Fsp3) is 0.316. The molecule has 28 heavy (non-hydrogen) atoms. The van der Waals surface area contributed by atoms with Crippen molar-refractivity contribution in [3.8, 4) is 6.07 Å².